The summed E-state index contributed by atoms with van der Waals surface area (Å²) in [5.41, 5.74) is 2.56. The molecule has 1 N–H and O–H groups in total. The first-order chi connectivity index (χ1) is 9.15. The van der Waals surface area contributed by atoms with Crippen LogP contribution in [-0.2, 0) is 0 Å². The summed E-state index contributed by atoms with van der Waals surface area (Å²) in [6.45, 7) is 11.5. The van der Waals surface area contributed by atoms with Crippen LogP contribution in [0.5, 0.6) is 5.75 Å². The summed E-state index contributed by atoms with van der Waals surface area (Å²) in [5, 5.41) is 3.42. The lowest BCUT2D eigenvalue weighted by Gasteiger charge is -2.13. The van der Waals surface area contributed by atoms with Gasteiger partial charge in [0.1, 0.15) is 12.4 Å². The molecule has 0 atom stereocenters. The van der Waals surface area contributed by atoms with E-state index in [9.17, 15) is 0 Å². The van der Waals surface area contributed by atoms with Crippen molar-refractivity contribution in [3.63, 3.8) is 0 Å². The van der Waals surface area contributed by atoms with Crippen molar-refractivity contribution in [2.75, 3.05) is 19.7 Å². The molecule has 0 saturated heterocycles. The van der Waals surface area contributed by atoms with Gasteiger partial charge in [-0.05, 0) is 43.0 Å². The maximum absolute atomic E-state index is 5.87. The fraction of sp³-hybridized carbons (Fsp3) is 0.647. The zero-order valence-electron chi connectivity index (χ0n) is 13.0. The Bertz CT molecular complexity index is 360. The molecule has 0 heterocycles. The zero-order chi connectivity index (χ0) is 14.1. The van der Waals surface area contributed by atoms with Crippen LogP contribution in [0.3, 0.4) is 0 Å². The Balaban J connectivity index is 2.30. The number of ether oxygens (including phenoxy) is 1. The van der Waals surface area contributed by atoms with Gasteiger partial charge < -0.3 is 10.1 Å². The molecule has 1 aromatic rings. The second-order valence-electron chi connectivity index (χ2n) is 5.49. The molecule has 108 valence electrons. The monoisotopic (exact) mass is 263 g/mol. The third-order valence-electron chi connectivity index (χ3n) is 3.37. The van der Waals surface area contributed by atoms with Crippen molar-refractivity contribution in [2.45, 2.75) is 52.9 Å². The van der Waals surface area contributed by atoms with Crippen LogP contribution in [0.2, 0.25) is 0 Å². The van der Waals surface area contributed by atoms with Crippen LogP contribution < -0.4 is 10.1 Å². The predicted octanol–water partition coefficient (Wildman–Crippen LogP) is 4.28. The quantitative estimate of drug-likeness (QED) is 0.672. The molecule has 1 rings (SSSR count). The van der Waals surface area contributed by atoms with E-state index in [2.05, 4.69) is 51.2 Å². The van der Waals surface area contributed by atoms with Crippen molar-refractivity contribution in [1.82, 2.24) is 5.32 Å². The van der Waals surface area contributed by atoms with Gasteiger partial charge in [-0.3, -0.25) is 0 Å². The van der Waals surface area contributed by atoms with Crippen LogP contribution >= 0.6 is 0 Å². The molecule has 0 amide bonds. The SMILES string of the molecule is CCCCCNCCOc1cc(C(C)C)ccc1C. The van der Waals surface area contributed by atoms with Gasteiger partial charge in [-0.2, -0.15) is 0 Å². The molecule has 2 heteroatoms. The van der Waals surface area contributed by atoms with E-state index in [4.69, 9.17) is 4.74 Å². The van der Waals surface area contributed by atoms with Crippen molar-refractivity contribution >= 4 is 0 Å². The molecule has 0 aliphatic rings. The average Bonchev–Trinajstić information content (AvgIpc) is 2.39. The summed E-state index contributed by atoms with van der Waals surface area (Å²) in [7, 11) is 0. The highest BCUT2D eigenvalue weighted by atomic mass is 16.5. The van der Waals surface area contributed by atoms with Crippen LogP contribution in [0.1, 0.15) is 57.1 Å². The van der Waals surface area contributed by atoms with Gasteiger partial charge in [0, 0.05) is 6.54 Å². The Labute approximate surface area is 118 Å². The lowest BCUT2D eigenvalue weighted by Crippen LogP contribution is -2.22. The van der Waals surface area contributed by atoms with Crippen molar-refractivity contribution in [1.29, 1.82) is 0 Å². The van der Waals surface area contributed by atoms with Crippen LogP contribution in [-0.4, -0.2) is 19.7 Å². The first kappa shape index (κ1) is 16.0. The topological polar surface area (TPSA) is 21.3 Å². The van der Waals surface area contributed by atoms with E-state index in [0.29, 0.717) is 5.92 Å². The third kappa shape index (κ3) is 6.11. The molecule has 0 bridgehead atoms. The number of hydrogen-bond acceptors (Lipinski definition) is 2. The number of unbranched alkanes of at least 4 members (excludes halogenated alkanes) is 2. The summed E-state index contributed by atoms with van der Waals surface area (Å²) in [4.78, 5) is 0. The van der Waals surface area contributed by atoms with E-state index in [1.807, 2.05) is 0 Å². The summed E-state index contributed by atoms with van der Waals surface area (Å²) >= 11 is 0. The number of hydrogen-bond donors (Lipinski definition) is 1. The summed E-state index contributed by atoms with van der Waals surface area (Å²) in [5.74, 6) is 1.58. The first-order valence-corrected chi connectivity index (χ1v) is 7.59. The van der Waals surface area contributed by atoms with Crippen molar-refractivity contribution < 1.29 is 4.74 Å². The Morgan fingerprint density at radius 1 is 1.16 bits per heavy atom. The molecule has 1 aromatic carbocycles. The molecule has 0 radical (unpaired) electrons. The third-order valence-corrected chi connectivity index (χ3v) is 3.37. The van der Waals surface area contributed by atoms with Gasteiger partial charge in [-0.15, -0.1) is 0 Å². The number of nitrogens with one attached hydrogen (secondary N) is 1. The molecule has 0 fully saturated rings. The predicted molar refractivity (Wildman–Crippen MR) is 83.2 cm³/mol. The minimum Gasteiger partial charge on any atom is -0.492 e. The molecule has 0 aromatic heterocycles. The molecule has 0 aliphatic carbocycles. The summed E-state index contributed by atoms with van der Waals surface area (Å²) in [6, 6.07) is 6.52. The fourth-order valence-electron chi connectivity index (χ4n) is 1.99. The maximum atomic E-state index is 5.87. The minimum absolute atomic E-state index is 0.551. The largest absolute Gasteiger partial charge is 0.492 e. The summed E-state index contributed by atoms with van der Waals surface area (Å²) in [6.07, 6.45) is 3.85. The molecular weight excluding hydrogens is 234 g/mol. The highest BCUT2D eigenvalue weighted by molar-refractivity contribution is 5.37. The second kappa shape index (κ2) is 8.98. The van der Waals surface area contributed by atoms with E-state index in [1.165, 1.54) is 30.4 Å². The van der Waals surface area contributed by atoms with Gasteiger partial charge in [0.25, 0.3) is 0 Å². The minimum atomic E-state index is 0.551. The Morgan fingerprint density at radius 2 is 1.95 bits per heavy atom. The number of aryl methyl sites for hydroxylation is 1. The Morgan fingerprint density at radius 3 is 2.63 bits per heavy atom. The highest BCUT2D eigenvalue weighted by Gasteiger charge is 2.04. The standard InChI is InChI=1S/C17H29NO/c1-5-6-7-10-18-11-12-19-17-13-16(14(2)3)9-8-15(17)4/h8-9,13-14,18H,5-7,10-12H2,1-4H3. The number of benzene rings is 1. The summed E-state index contributed by atoms with van der Waals surface area (Å²) < 4.78 is 5.87. The van der Waals surface area contributed by atoms with Gasteiger partial charge in [0.2, 0.25) is 0 Å². The van der Waals surface area contributed by atoms with Crippen LogP contribution in [0.25, 0.3) is 0 Å². The normalized spacial score (nSPS) is 11.0. The molecule has 19 heavy (non-hydrogen) atoms. The van der Waals surface area contributed by atoms with Gasteiger partial charge >= 0.3 is 0 Å². The average molecular weight is 263 g/mol. The molecule has 0 unspecified atom stereocenters. The van der Waals surface area contributed by atoms with Gasteiger partial charge in [0.15, 0.2) is 0 Å². The van der Waals surface area contributed by atoms with Crippen LogP contribution in [0.4, 0.5) is 0 Å². The lowest BCUT2D eigenvalue weighted by molar-refractivity contribution is 0.311. The van der Waals surface area contributed by atoms with E-state index in [-0.39, 0.29) is 0 Å². The molecule has 2 nitrogen and oxygen atoms in total. The molecule has 0 spiro atoms. The van der Waals surface area contributed by atoms with Crippen molar-refractivity contribution in [3.05, 3.63) is 29.3 Å². The van der Waals surface area contributed by atoms with E-state index in [1.54, 1.807) is 0 Å². The smallest absolute Gasteiger partial charge is 0.122 e. The van der Waals surface area contributed by atoms with Crippen LogP contribution in [0, 0.1) is 6.92 Å². The Hall–Kier alpha value is -1.02. The second-order valence-corrected chi connectivity index (χ2v) is 5.49. The Kier molecular flexibility index (Phi) is 7.57. The zero-order valence-corrected chi connectivity index (χ0v) is 13.0. The van der Waals surface area contributed by atoms with E-state index in [0.717, 1.165) is 25.4 Å². The van der Waals surface area contributed by atoms with E-state index >= 15 is 0 Å². The van der Waals surface area contributed by atoms with Gasteiger partial charge in [-0.1, -0.05) is 45.7 Å². The van der Waals surface area contributed by atoms with E-state index < -0.39 is 0 Å². The highest BCUT2D eigenvalue weighted by Crippen LogP contribution is 2.24. The molecular formula is C17H29NO. The number of rotatable bonds is 9. The van der Waals surface area contributed by atoms with Crippen molar-refractivity contribution in [3.8, 4) is 5.75 Å². The first-order valence-electron chi connectivity index (χ1n) is 7.59. The van der Waals surface area contributed by atoms with Gasteiger partial charge in [0.05, 0.1) is 0 Å². The fourth-order valence-corrected chi connectivity index (χ4v) is 1.99. The lowest BCUT2D eigenvalue weighted by atomic mass is 10.0. The molecule has 0 saturated carbocycles. The molecule has 0 aliphatic heterocycles. The van der Waals surface area contributed by atoms with Crippen LogP contribution in [0.15, 0.2) is 18.2 Å². The van der Waals surface area contributed by atoms with Gasteiger partial charge in [-0.25, -0.2) is 0 Å². The van der Waals surface area contributed by atoms with Crippen molar-refractivity contribution in [2.24, 2.45) is 0 Å². The maximum Gasteiger partial charge on any atom is 0.122 e.